The molecule has 0 aromatic heterocycles. The fourth-order valence-corrected chi connectivity index (χ4v) is 4.46. The van der Waals surface area contributed by atoms with Crippen molar-refractivity contribution in [2.75, 3.05) is 26.4 Å². The largest absolute Gasteiger partial charge is 0.454 e. The first-order chi connectivity index (χ1) is 9.50. The van der Waals surface area contributed by atoms with E-state index in [1.165, 1.54) is 0 Å². The molecule has 0 bridgehead atoms. The van der Waals surface area contributed by atoms with Crippen LogP contribution < -0.4 is 14.8 Å². The van der Waals surface area contributed by atoms with Gasteiger partial charge in [0.25, 0.3) is 0 Å². The van der Waals surface area contributed by atoms with Crippen molar-refractivity contribution in [1.82, 2.24) is 9.62 Å². The summed E-state index contributed by atoms with van der Waals surface area (Å²) in [6, 6.07) is 3.24. The molecule has 1 fully saturated rings. The van der Waals surface area contributed by atoms with Gasteiger partial charge in [0.15, 0.2) is 11.5 Å². The third-order valence-electron chi connectivity index (χ3n) is 3.70. The van der Waals surface area contributed by atoms with Crippen LogP contribution in [0.15, 0.2) is 17.0 Å². The molecule has 20 heavy (non-hydrogen) atoms. The molecule has 0 saturated carbocycles. The van der Waals surface area contributed by atoms with Crippen molar-refractivity contribution in [2.45, 2.75) is 24.8 Å². The van der Waals surface area contributed by atoms with Crippen molar-refractivity contribution < 1.29 is 17.9 Å². The van der Waals surface area contributed by atoms with E-state index >= 15 is 0 Å². The van der Waals surface area contributed by atoms with E-state index in [1.807, 2.05) is 6.92 Å². The lowest BCUT2D eigenvalue weighted by atomic mass is 10.2. The maximum Gasteiger partial charge on any atom is 0.243 e. The Labute approximate surface area is 118 Å². The molecular weight excluding hydrogens is 280 g/mol. The second-order valence-electron chi connectivity index (χ2n) is 5.14. The smallest absolute Gasteiger partial charge is 0.243 e. The van der Waals surface area contributed by atoms with Crippen LogP contribution >= 0.6 is 0 Å². The van der Waals surface area contributed by atoms with Crippen molar-refractivity contribution >= 4 is 10.0 Å². The van der Waals surface area contributed by atoms with E-state index in [0.717, 1.165) is 0 Å². The van der Waals surface area contributed by atoms with Gasteiger partial charge in [-0.1, -0.05) is 0 Å². The van der Waals surface area contributed by atoms with Gasteiger partial charge in [0.1, 0.15) is 0 Å². The summed E-state index contributed by atoms with van der Waals surface area (Å²) in [5, 5.41) is 3.19. The normalized spacial score (nSPS) is 23.0. The highest BCUT2D eigenvalue weighted by atomic mass is 32.2. The van der Waals surface area contributed by atoms with Gasteiger partial charge in [0.05, 0.1) is 4.90 Å². The first kappa shape index (κ1) is 13.7. The van der Waals surface area contributed by atoms with Gasteiger partial charge in [-0.05, 0) is 25.5 Å². The van der Waals surface area contributed by atoms with Crippen molar-refractivity contribution in [3.8, 4) is 11.5 Å². The zero-order valence-electron chi connectivity index (χ0n) is 11.5. The molecular formula is C13H18N2O4S. The number of aryl methyl sites for hydroxylation is 1. The Morgan fingerprint density at radius 2 is 2.00 bits per heavy atom. The average molecular weight is 298 g/mol. The second-order valence-corrected chi connectivity index (χ2v) is 7.00. The quantitative estimate of drug-likeness (QED) is 0.871. The number of hydrogen-bond donors (Lipinski definition) is 1. The molecule has 1 saturated heterocycles. The number of rotatable bonds is 2. The van der Waals surface area contributed by atoms with Gasteiger partial charge in [-0.15, -0.1) is 0 Å². The molecule has 1 aromatic rings. The van der Waals surface area contributed by atoms with E-state index in [9.17, 15) is 8.42 Å². The molecule has 2 aliphatic rings. The summed E-state index contributed by atoms with van der Waals surface area (Å²) < 4.78 is 37.7. The molecule has 0 radical (unpaired) electrons. The zero-order valence-corrected chi connectivity index (χ0v) is 12.4. The Morgan fingerprint density at radius 3 is 2.70 bits per heavy atom. The van der Waals surface area contributed by atoms with Crippen molar-refractivity contribution in [2.24, 2.45) is 0 Å². The van der Waals surface area contributed by atoms with Crippen LogP contribution in [0.4, 0.5) is 0 Å². The molecule has 0 amide bonds. The van der Waals surface area contributed by atoms with E-state index in [4.69, 9.17) is 9.47 Å². The summed E-state index contributed by atoms with van der Waals surface area (Å²) >= 11 is 0. The van der Waals surface area contributed by atoms with Crippen molar-refractivity contribution in [1.29, 1.82) is 0 Å². The van der Waals surface area contributed by atoms with E-state index in [0.29, 0.717) is 41.6 Å². The van der Waals surface area contributed by atoms with Crippen LogP contribution in [-0.4, -0.2) is 45.2 Å². The SMILES string of the molecule is Cc1cc2c(cc1S(=O)(=O)N1CCNC[C@H]1C)OCO2. The molecule has 7 heteroatoms. The van der Waals surface area contributed by atoms with Gasteiger partial charge in [-0.3, -0.25) is 0 Å². The highest BCUT2D eigenvalue weighted by Gasteiger charge is 2.33. The molecule has 6 nitrogen and oxygen atoms in total. The topological polar surface area (TPSA) is 67.9 Å². The highest BCUT2D eigenvalue weighted by Crippen LogP contribution is 2.37. The number of hydrogen-bond acceptors (Lipinski definition) is 5. The number of benzene rings is 1. The first-order valence-corrected chi connectivity index (χ1v) is 8.07. The van der Waals surface area contributed by atoms with Gasteiger partial charge in [-0.2, -0.15) is 4.31 Å². The van der Waals surface area contributed by atoms with Crippen molar-refractivity contribution in [3.05, 3.63) is 17.7 Å². The summed E-state index contributed by atoms with van der Waals surface area (Å²) in [5.41, 5.74) is 0.681. The molecule has 0 aliphatic carbocycles. The van der Waals surface area contributed by atoms with E-state index in [-0.39, 0.29) is 12.8 Å². The van der Waals surface area contributed by atoms with Gasteiger partial charge >= 0.3 is 0 Å². The van der Waals surface area contributed by atoms with Crippen LogP contribution in [0.2, 0.25) is 0 Å². The summed E-state index contributed by atoms with van der Waals surface area (Å²) in [4.78, 5) is 0.301. The third kappa shape index (κ3) is 2.15. The molecule has 2 heterocycles. The average Bonchev–Trinajstić information content (AvgIpc) is 2.85. The van der Waals surface area contributed by atoms with Crippen LogP contribution in [0.5, 0.6) is 11.5 Å². The molecule has 1 aromatic carbocycles. The predicted molar refractivity (Wildman–Crippen MR) is 73.5 cm³/mol. The van der Waals surface area contributed by atoms with Gasteiger partial charge < -0.3 is 14.8 Å². The highest BCUT2D eigenvalue weighted by molar-refractivity contribution is 7.89. The molecule has 1 atom stereocenters. The Hall–Kier alpha value is -1.31. The van der Waals surface area contributed by atoms with Gasteiger partial charge in [-0.25, -0.2) is 8.42 Å². The van der Waals surface area contributed by atoms with Crippen LogP contribution in [0.1, 0.15) is 12.5 Å². The number of nitrogens with one attached hydrogen (secondary N) is 1. The minimum Gasteiger partial charge on any atom is -0.454 e. The monoisotopic (exact) mass is 298 g/mol. The van der Waals surface area contributed by atoms with Gasteiger partial charge in [0.2, 0.25) is 16.8 Å². The Kier molecular flexibility index (Phi) is 3.35. The number of piperazine rings is 1. The minimum atomic E-state index is -3.51. The minimum absolute atomic E-state index is 0.0569. The predicted octanol–water partition coefficient (Wildman–Crippen LogP) is 0.706. The molecule has 2 aliphatic heterocycles. The van der Waals surface area contributed by atoms with E-state index in [1.54, 1.807) is 23.4 Å². The lowest BCUT2D eigenvalue weighted by molar-refractivity contribution is 0.174. The Bertz CT molecular complexity index is 630. The molecule has 1 N–H and O–H groups in total. The lowest BCUT2D eigenvalue weighted by Gasteiger charge is -2.33. The van der Waals surface area contributed by atoms with Crippen LogP contribution in [0.25, 0.3) is 0 Å². The number of sulfonamides is 1. The van der Waals surface area contributed by atoms with Crippen LogP contribution in [0.3, 0.4) is 0 Å². The zero-order chi connectivity index (χ0) is 14.3. The second kappa shape index (κ2) is 4.91. The number of nitrogens with zero attached hydrogens (tertiary/aromatic N) is 1. The standard InChI is InChI=1S/C13H18N2O4S/c1-9-5-11-12(19-8-18-11)6-13(9)20(16,17)15-4-3-14-7-10(15)2/h5-6,10,14H,3-4,7-8H2,1-2H3/t10-/m1/s1. The first-order valence-electron chi connectivity index (χ1n) is 6.63. The maximum absolute atomic E-state index is 12.8. The summed E-state index contributed by atoms with van der Waals surface area (Å²) in [6.07, 6.45) is 0. The third-order valence-corrected chi connectivity index (χ3v) is 5.85. The Morgan fingerprint density at radius 1 is 1.30 bits per heavy atom. The number of ether oxygens (including phenoxy) is 2. The number of fused-ring (bicyclic) bond motifs is 1. The van der Waals surface area contributed by atoms with Gasteiger partial charge in [0, 0.05) is 31.7 Å². The fourth-order valence-electron chi connectivity index (χ4n) is 2.61. The summed E-state index contributed by atoms with van der Waals surface area (Å²) in [6.45, 7) is 5.66. The molecule has 3 rings (SSSR count). The van der Waals surface area contributed by atoms with Crippen molar-refractivity contribution in [3.63, 3.8) is 0 Å². The molecule has 0 spiro atoms. The van der Waals surface area contributed by atoms with E-state index < -0.39 is 10.0 Å². The van der Waals surface area contributed by atoms with E-state index in [2.05, 4.69) is 5.32 Å². The fraction of sp³-hybridized carbons (Fsp3) is 0.538. The van der Waals surface area contributed by atoms with Crippen LogP contribution in [0, 0.1) is 6.92 Å². The molecule has 110 valence electrons. The maximum atomic E-state index is 12.8. The Balaban J connectivity index is 2.03. The summed E-state index contributed by atoms with van der Waals surface area (Å²) in [5.74, 6) is 1.10. The summed E-state index contributed by atoms with van der Waals surface area (Å²) in [7, 11) is -3.51. The van der Waals surface area contributed by atoms with Crippen LogP contribution in [-0.2, 0) is 10.0 Å². The molecule has 0 unspecified atom stereocenters. The lowest BCUT2D eigenvalue weighted by Crippen LogP contribution is -2.52.